The van der Waals surface area contributed by atoms with Gasteiger partial charge in [-0.15, -0.1) is 0 Å². The Balaban J connectivity index is 2.68. The Kier molecular flexibility index (Phi) is 3.25. The Morgan fingerprint density at radius 2 is 1.75 bits per heavy atom. The number of benzene rings is 2. The van der Waals surface area contributed by atoms with Crippen LogP contribution in [0, 0.1) is 0 Å². The third kappa shape index (κ3) is 2.09. The van der Waals surface area contributed by atoms with Gasteiger partial charge in [-0.1, -0.05) is 52.3 Å². The lowest BCUT2D eigenvalue weighted by atomic mass is 9.98. The fourth-order valence-electron chi connectivity index (χ4n) is 1.92. The molecule has 0 aliphatic heterocycles. The predicted octanol–water partition coefficient (Wildman–Crippen LogP) is 3.36. The van der Waals surface area contributed by atoms with Crippen molar-refractivity contribution in [3.05, 3.63) is 47.5 Å². The Morgan fingerprint density at radius 3 is 2.31 bits per heavy atom. The summed E-state index contributed by atoms with van der Waals surface area (Å²) >= 11 is 3.43. The maximum absolute atomic E-state index is 10.8. The van der Waals surface area contributed by atoms with E-state index in [1.165, 1.54) is 0 Å². The summed E-state index contributed by atoms with van der Waals surface area (Å²) in [6, 6.07) is 11.8. The Morgan fingerprint density at radius 1 is 1.12 bits per heavy atom. The number of hydrogen-bond acceptors (Lipinski definition) is 1. The van der Waals surface area contributed by atoms with Crippen LogP contribution < -0.4 is 0 Å². The first-order valence-corrected chi connectivity index (χ1v) is 6.12. The Bertz CT molecular complexity index is 529. The summed E-state index contributed by atoms with van der Waals surface area (Å²) in [7, 11) is 0. The summed E-state index contributed by atoms with van der Waals surface area (Å²) in [5.41, 5.74) is 2.01. The molecule has 1 N–H and O–H groups in total. The van der Waals surface area contributed by atoms with E-state index in [9.17, 15) is 4.79 Å². The van der Waals surface area contributed by atoms with Crippen molar-refractivity contribution in [1.82, 2.24) is 0 Å². The molecule has 2 rings (SSSR count). The van der Waals surface area contributed by atoms with Crippen molar-refractivity contribution in [2.24, 2.45) is 0 Å². The Labute approximate surface area is 102 Å². The van der Waals surface area contributed by atoms with Crippen molar-refractivity contribution in [2.45, 2.75) is 11.8 Å². The van der Waals surface area contributed by atoms with E-state index < -0.39 is 5.97 Å². The molecule has 2 aromatic rings. The largest absolute Gasteiger partial charge is 0.481 e. The zero-order chi connectivity index (χ0) is 11.5. The monoisotopic (exact) mass is 278 g/mol. The molecule has 0 bridgehead atoms. The molecule has 0 unspecified atom stereocenters. The average Bonchev–Trinajstić information content (AvgIpc) is 2.28. The minimum absolute atomic E-state index is 0.0708. The number of rotatable bonds is 3. The van der Waals surface area contributed by atoms with Crippen LogP contribution in [0.1, 0.15) is 11.1 Å². The van der Waals surface area contributed by atoms with Crippen LogP contribution in [0.4, 0.5) is 0 Å². The quantitative estimate of drug-likeness (QED) is 0.875. The van der Waals surface area contributed by atoms with Crippen LogP contribution in [-0.2, 0) is 16.5 Å². The van der Waals surface area contributed by atoms with Crippen molar-refractivity contribution in [2.75, 3.05) is 0 Å². The maximum Gasteiger partial charge on any atom is 0.307 e. The summed E-state index contributed by atoms with van der Waals surface area (Å²) in [5, 5.41) is 11.8. The lowest BCUT2D eigenvalue weighted by Gasteiger charge is -2.08. The second-order valence-electron chi connectivity index (χ2n) is 3.64. The highest BCUT2D eigenvalue weighted by Gasteiger charge is 2.08. The van der Waals surface area contributed by atoms with Gasteiger partial charge in [0.05, 0.1) is 6.42 Å². The third-order valence-electron chi connectivity index (χ3n) is 2.56. The van der Waals surface area contributed by atoms with E-state index in [4.69, 9.17) is 5.11 Å². The van der Waals surface area contributed by atoms with Gasteiger partial charge in [-0.2, -0.15) is 0 Å². The highest BCUT2D eigenvalue weighted by Crippen LogP contribution is 2.25. The number of carbonyl (C=O) groups is 1. The summed E-state index contributed by atoms with van der Waals surface area (Å²) in [5.74, 6) is -0.795. The number of alkyl halides is 1. The second-order valence-corrected chi connectivity index (χ2v) is 4.20. The number of carboxylic acid groups (broad SMARTS) is 1. The molecule has 0 aliphatic carbocycles. The average molecular weight is 279 g/mol. The van der Waals surface area contributed by atoms with Crippen LogP contribution in [0.2, 0.25) is 0 Å². The van der Waals surface area contributed by atoms with Crippen molar-refractivity contribution < 1.29 is 9.90 Å². The van der Waals surface area contributed by atoms with Gasteiger partial charge in [0.1, 0.15) is 0 Å². The molecule has 0 fully saturated rings. The fourth-order valence-corrected chi connectivity index (χ4v) is 2.39. The molecule has 0 aliphatic rings. The summed E-state index contributed by atoms with van der Waals surface area (Å²) in [4.78, 5) is 10.8. The number of halogens is 1. The normalized spacial score (nSPS) is 10.6. The van der Waals surface area contributed by atoms with E-state index in [0.717, 1.165) is 27.2 Å². The van der Waals surface area contributed by atoms with Gasteiger partial charge in [-0.3, -0.25) is 4.79 Å². The van der Waals surface area contributed by atoms with E-state index in [1.54, 1.807) is 0 Å². The molecule has 0 amide bonds. The molecule has 0 heterocycles. The predicted molar refractivity (Wildman–Crippen MR) is 67.9 cm³/mol. The highest BCUT2D eigenvalue weighted by molar-refractivity contribution is 9.08. The first-order valence-electron chi connectivity index (χ1n) is 4.99. The number of fused-ring (bicyclic) bond motifs is 1. The molecule has 0 atom stereocenters. The molecule has 0 saturated carbocycles. The van der Waals surface area contributed by atoms with Gasteiger partial charge in [0.2, 0.25) is 0 Å². The van der Waals surface area contributed by atoms with Crippen LogP contribution in [0.25, 0.3) is 10.8 Å². The molecular formula is C13H11BrO2. The molecule has 0 aromatic heterocycles. The number of carboxylic acids is 1. The van der Waals surface area contributed by atoms with Crippen molar-refractivity contribution >= 4 is 32.7 Å². The molecule has 3 heteroatoms. The van der Waals surface area contributed by atoms with Crippen LogP contribution >= 0.6 is 15.9 Å². The van der Waals surface area contributed by atoms with Crippen LogP contribution in [0.15, 0.2) is 36.4 Å². The molecule has 0 spiro atoms. The van der Waals surface area contributed by atoms with Crippen LogP contribution in [0.3, 0.4) is 0 Å². The fraction of sp³-hybridized carbons (Fsp3) is 0.154. The van der Waals surface area contributed by atoms with Gasteiger partial charge in [-0.05, 0) is 21.9 Å². The Hall–Kier alpha value is -1.35. The minimum Gasteiger partial charge on any atom is -0.481 e. The summed E-state index contributed by atoms with van der Waals surface area (Å²) in [6.45, 7) is 0. The third-order valence-corrected chi connectivity index (χ3v) is 3.17. The van der Waals surface area contributed by atoms with Gasteiger partial charge < -0.3 is 5.11 Å². The minimum atomic E-state index is -0.795. The molecule has 2 aromatic carbocycles. The molecule has 82 valence electrons. The first kappa shape index (κ1) is 11.1. The maximum atomic E-state index is 10.8. The zero-order valence-electron chi connectivity index (χ0n) is 8.61. The molecule has 16 heavy (non-hydrogen) atoms. The van der Waals surface area contributed by atoms with Gasteiger partial charge in [0.25, 0.3) is 0 Å². The topological polar surface area (TPSA) is 37.3 Å². The van der Waals surface area contributed by atoms with Gasteiger partial charge >= 0.3 is 5.97 Å². The van der Waals surface area contributed by atoms with E-state index in [2.05, 4.69) is 15.9 Å². The standard InChI is InChI=1S/C13H11BrO2/c14-8-11-6-2-4-9-3-1-5-10(13(9)11)7-12(15)16/h1-6H,7-8H2,(H,15,16). The highest BCUT2D eigenvalue weighted by atomic mass is 79.9. The number of hydrogen-bond donors (Lipinski definition) is 1. The van der Waals surface area contributed by atoms with Gasteiger partial charge in [0.15, 0.2) is 0 Å². The zero-order valence-corrected chi connectivity index (χ0v) is 10.2. The van der Waals surface area contributed by atoms with Crippen molar-refractivity contribution in [3.63, 3.8) is 0 Å². The van der Waals surface area contributed by atoms with Crippen molar-refractivity contribution in [3.8, 4) is 0 Å². The van der Waals surface area contributed by atoms with E-state index in [1.807, 2.05) is 36.4 Å². The van der Waals surface area contributed by atoms with Crippen molar-refractivity contribution in [1.29, 1.82) is 0 Å². The molecule has 2 nitrogen and oxygen atoms in total. The molecular weight excluding hydrogens is 268 g/mol. The van der Waals surface area contributed by atoms with Gasteiger partial charge in [-0.25, -0.2) is 0 Å². The summed E-state index contributed by atoms with van der Waals surface area (Å²) < 4.78 is 0. The first-order chi connectivity index (χ1) is 7.72. The van der Waals surface area contributed by atoms with Gasteiger partial charge in [0, 0.05) is 5.33 Å². The lowest BCUT2D eigenvalue weighted by Crippen LogP contribution is -2.01. The second kappa shape index (κ2) is 4.66. The van der Waals surface area contributed by atoms with E-state index in [0.29, 0.717) is 0 Å². The van der Waals surface area contributed by atoms with Crippen LogP contribution in [0.5, 0.6) is 0 Å². The lowest BCUT2D eigenvalue weighted by molar-refractivity contribution is -0.136. The smallest absolute Gasteiger partial charge is 0.307 e. The summed E-state index contributed by atoms with van der Waals surface area (Å²) in [6.07, 6.45) is 0.0708. The SMILES string of the molecule is O=C(O)Cc1cccc2cccc(CBr)c12. The van der Waals surface area contributed by atoms with Crippen LogP contribution in [-0.4, -0.2) is 11.1 Å². The molecule has 0 saturated heterocycles. The number of aliphatic carboxylic acids is 1. The molecule has 0 radical (unpaired) electrons. The van der Waals surface area contributed by atoms with E-state index in [-0.39, 0.29) is 6.42 Å². The van der Waals surface area contributed by atoms with E-state index >= 15 is 0 Å².